The summed E-state index contributed by atoms with van der Waals surface area (Å²) in [6.45, 7) is 10.4. The molecule has 0 amide bonds. The topological polar surface area (TPSA) is 33.6 Å². The summed E-state index contributed by atoms with van der Waals surface area (Å²) in [6.07, 6.45) is 12.7. The van der Waals surface area contributed by atoms with Crippen molar-refractivity contribution in [3.8, 4) is 0 Å². The van der Waals surface area contributed by atoms with Crippen LogP contribution in [0.15, 0.2) is 65.4 Å². The first kappa shape index (κ1) is 14.5. The van der Waals surface area contributed by atoms with Crippen LogP contribution in [-0.4, -0.2) is 32.0 Å². The van der Waals surface area contributed by atoms with E-state index in [0.717, 1.165) is 24.3 Å². The van der Waals surface area contributed by atoms with Crippen LogP contribution < -0.4 is 5.32 Å². The number of hydrogen-bond acceptors (Lipinski definition) is 3. The molecule has 3 nitrogen and oxygen atoms in total. The van der Waals surface area contributed by atoms with Gasteiger partial charge in [0.1, 0.15) is 0 Å². The fourth-order valence-electron chi connectivity index (χ4n) is 2.10. The van der Waals surface area contributed by atoms with Crippen molar-refractivity contribution in [3.63, 3.8) is 0 Å². The standard InChI is InChI=1S/C17H22N2O/c1-3-9-18-14(2)17-10-16(11-19-17)13-20-12-15-7-5-4-6-8-15/h3,5,7-8,10,18H,1-2,4,6,9,11-13H2. The van der Waals surface area contributed by atoms with Gasteiger partial charge in [0.2, 0.25) is 0 Å². The molecule has 2 rings (SSSR count). The van der Waals surface area contributed by atoms with Crippen LogP contribution in [0.2, 0.25) is 0 Å². The van der Waals surface area contributed by atoms with E-state index in [1.165, 1.54) is 11.1 Å². The fourth-order valence-corrected chi connectivity index (χ4v) is 2.10. The average Bonchev–Trinajstić information content (AvgIpc) is 2.95. The summed E-state index contributed by atoms with van der Waals surface area (Å²) in [5.74, 6) is 0. The van der Waals surface area contributed by atoms with E-state index in [4.69, 9.17) is 4.74 Å². The van der Waals surface area contributed by atoms with Gasteiger partial charge >= 0.3 is 0 Å². The Morgan fingerprint density at radius 1 is 1.40 bits per heavy atom. The Hall–Kier alpha value is -1.87. The van der Waals surface area contributed by atoms with Crippen molar-refractivity contribution in [1.82, 2.24) is 5.32 Å². The molecule has 3 heteroatoms. The molecule has 20 heavy (non-hydrogen) atoms. The van der Waals surface area contributed by atoms with Gasteiger partial charge in [0, 0.05) is 6.54 Å². The molecular formula is C17H22N2O. The fraction of sp³-hybridized carbons (Fsp3) is 0.353. The highest BCUT2D eigenvalue weighted by Gasteiger charge is 2.11. The lowest BCUT2D eigenvalue weighted by atomic mass is 10.1. The van der Waals surface area contributed by atoms with Crippen molar-refractivity contribution in [3.05, 3.63) is 60.4 Å². The zero-order valence-electron chi connectivity index (χ0n) is 11.9. The van der Waals surface area contributed by atoms with Crippen molar-refractivity contribution in [2.45, 2.75) is 12.8 Å². The molecule has 1 N–H and O–H groups in total. The van der Waals surface area contributed by atoms with Gasteiger partial charge in [-0.3, -0.25) is 4.99 Å². The number of allylic oxidation sites excluding steroid dienone is 3. The summed E-state index contributed by atoms with van der Waals surface area (Å²) in [4.78, 5) is 4.45. The molecule has 0 bridgehead atoms. The molecule has 0 saturated heterocycles. The van der Waals surface area contributed by atoms with Gasteiger partial charge in [-0.15, -0.1) is 6.58 Å². The lowest BCUT2D eigenvalue weighted by Crippen LogP contribution is -2.17. The maximum absolute atomic E-state index is 5.74. The zero-order valence-corrected chi connectivity index (χ0v) is 11.9. The molecular weight excluding hydrogens is 248 g/mol. The third kappa shape index (κ3) is 4.35. The molecule has 0 spiro atoms. The number of hydrogen-bond donors (Lipinski definition) is 1. The van der Waals surface area contributed by atoms with Gasteiger partial charge in [-0.2, -0.15) is 0 Å². The van der Waals surface area contributed by atoms with E-state index in [2.05, 4.69) is 47.8 Å². The monoisotopic (exact) mass is 270 g/mol. The molecule has 2 aliphatic rings. The summed E-state index contributed by atoms with van der Waals surface area (Å²) in [5.41, 5.74) is 4.23. The minimum absolute atomic E-state index is 0.632. The molecule has 0 aromatic carbocycles. The molecule has 0 unspecified atom stereocenters. The smallest absolute Gasteiger partial charge is 0.0804 e. The molecule has 0 aromatic heterocycles. The van der Waals surface area contributed by atoms with E-state index in [1.54, 1.807) is 6.08 Å². The Bertz CT molecular complexity index is 495. The predicted octanol–water partition coefficient (Wildman–Crippen LogP) is 2.95. The Morgan fingerprint density at radius 2 is 2.30 bits per heavy atom. The second-order valence-electron chi connectivity index (χ2n) is 4.90. The molecule has 1 aliphatic carbocycles. The van der Waals surface area contributed by atoms with Crippen LogP contribution in [0.3, 0.4) is 0 Å². The second kappa shape index (κ2) is 7.65. The van der Waals surface area contributed by atoms with Gasteiger partial charge in [0.05, 0.1) is 31.2 Å². The van der Waals surface area contributed by atoms with E-state index >= 15 is 0 Å². The maximum Gasteiger partial charge on any atom is 0.0804 e. The Balaban J connectivity index is 1.72. The van der Waals surface area contributed by atoms with E-state index in [1.807, 2.05) is 0 Å². The van der Waals surface area contributed by atoms with Gasteiger partial charge in [-0.1, -0.05) is 30.9 Å². The number of ether oxygens (including phenoxy) is 1. The van der Waals surface area contributed by atoms with Crippen molar-refractivity contribution in [2.24, 2.45) is 4.99 Å². The summed E-state index contributed by atoms with van der Waals surface area (Å²) < 4.78 is 5.74. The third-order valence-electron chi connectivity index (χ3n) is 3.19. The summed E-state index contributed by atoms with van der Waals surface area (Å²) in [7, 11) is 0. The molecule has 1 heterocycles. The Labute approximate surface area is 121 Å². The minimum Gasteiger partial charge on any atom is -0.380 e. The average molecular weight is 270 g/mol. The second-order valence-corrected chi connectivity index (χ2v) is 4.90. The Morgan fingerprint density at radius 3 is 3.05 bits per heavy atom. The highest BCUT2D eigenvalue weighted by atomic mass is 16.5. The predicted molar refractivity (Wildman–Crippen MR) is 85.0 cm³/mol. The van der Waals surface area contributed by atoms with Gasteiger partial charge in [-0.05, 0) is 30.1 Å². The van der Waals surface area contributed by atoms with Crippen molar-refractivity contribution >= 4 is 5.71 Å². The largest absolute Gasteiger partial charge is 0.380 e. The van der Waals surface area contributed by atoms with Gasteiger partial charge in [0.25, 0.3) is 0 Å². The zero-order chi connectivity index (χ0) is 14.2. The first-order valence-electron chi connectivity index (χ1n) is 7.01. The van der Waals surface area contributed by atoms with Crippen molar-refractivity contribution in [1.29, 1.82) is 0 Å². The van der Waals surface area contributed by atoms with E-state index in [-0.39, 0.29) is 0 Å². The van der Waals surface area contributed by atoms with Gasteiger partial charge in [-0.25, -0.2) is 0 Å². The van der Waals surface area contributed by atoms with Crippen LogP contribution >= 0.6 is 0 Å². The number of nitrogens with zero attached hydrogens (tertiary/aromatic N) is 1. The van der Waals surface area contributed by atoms with E-state index in [9.17, 15) is 0 Å². The van der Waals surface area contributed by atoms with Crippen LogP contribution in [-0.2, 0) is 4.74 Å². The molecule has 106 valence electrons. The van der Waals surface area contributed by atoms with Crippen LogP contribution in [0.5, 0.6) is 0 Å². The maximum atomic E-state index is 5.74. The summed E-state index contributed by atoms with van der Waals surface area (Å²) >= 11 is 0. The van der Waals surface area contributed by atoms with E-state index in [0.29, 0.717) is 26.3 Å². The van der Waals surface area contributed by atoms with Gasteiger partial charge in [0.15, 0.2) is 0 Å². The highest BCUT2D eigenvalue weighted by molar-refractivity contribution is 6.09. The van der Waals surface area contributed by atoms with Crippen LogP contribution in [0.4, 0.5) is 0 Å². The quantitative estimate of drug-likeness (QED) is 0.688. The molecule has 0 fully saturated rings. The Kier molecular flexibility index (Phi) is 5.56. The van der Waals surface area contributed by atoms with Crippen molar-refractivity contribution < 1.29 is 4.74 Å². The highest BCUT2D eigenvalue weighted by Crippen LogP contribution is 2.12. The minimum atomic E-state index is 0.632. The first-order chi connectivity index (χ1) is 9.79. The normalized spacial score (nSPS) is 17.3. The van der Waals surface area contributed by atoms with Gasteiger partial charge < -0.3 is 10.1 Å². The molecule has 1 aliphatic heterocycles. The first-order valence-corrected chi connectivity index (χ1v) is 7.01. The molecule has 0 atom stereocenters. The molecule has 0 radical (unpaired) electrons. The van der Waals surface area contributed by atoms with Crippen molar-refractivity contribution in [2.75, 3.05) is 26.3 Å². The molecule has 0 aromatic rings. The summed E-state index contributed by atoms with van der Waals surface area (Å²) in [6, 6.07) is 0. The number of rotatable bonds is 8. The van der Waals surface area contributed by atoms with Crippen LogP contribution in [0, 0.1) is 0 Å². The number of nitrogens with one attached hydrogen (secondary N) is 1. The lowest BCUT2D eigenvalue weighted by Gasteiger charge is -2.08. The molecule has 0 saturated carbocycles. The third-order valence-corrected chi connectivity index (χ3v) is 3.19. The SMILES string of the molecule is C=CCNC(=C)C1=NCC(COCC2=CCCC=C2)=C1. The van der Waals surface area contributed by atoms with Crippen LogP contribution in [0.1, 0.15) is 12.8 Å². The summed E-state index contributed by atoms with van der Waals surface area (Å²) in [5, 5.41) is 3.16. The number of aliphatic imine (C=N–C) groups is 1. The van der Waals surface area contributed by atoms with E-state index < -0.39 is 0 Å². The lowest BCUT2D eigenvalue weighted by molar-refractivity contribution is 0.181. The van der Waals surface area contributed by atoms with Crippen LogP contribution in [0.25, 0.3) is 0 Å².